The van der Waals surface area contributed by atoms with Gasteiger partial charge in [-0.3, -0.25) is 20.4 Å². The molecule has 2 rings (SSSR count). The normalized spacial score (nSPS) is 12.4. The van der Waals surface area contributed by atoms with Crippen molar-refractivity contribution >= 4 is 34.8 Å². The molecule has 0 aliphatic carbocycles. The van der Waals surface area contributed by atoms with Crippen LogP contribution in [0.5, 0.6) is 5.75 Å². The molecule has 2 aromatic carbocycles. The fourth-order valence-electron chi connectivity index (χ4n) is 2.41. The van der Waals surface area contributed by atoms with Crippen molar-refractivity contribution in [1.82, 2.24) is 10.9 Å². The van der Waals surface area contributed by atoms with Crippen LogP contribution in [0.4, 0.5) is 15.8 Å². The van der Waals surface area contributed by atoms with Gasteiger partial charge in [-0.1, -0.05) is 17.7 Å². The molecule has 0 saturated heterocycles. The summed E-state index contributed by atoms with van der Waals surface area (Å²) < 4.78 is 13.1. The van der Waals surface area contributed by atoms with Gasteiger partial charge in [0.1, 0.15) is 6.04 Å². The molecule has 0 saturated carbocycles. The van der Waals surface area contributed by atoms with Crippen molar-refractivity contribution < 1.29 is 24.2 Å². The number of rotatable bonds is 5. The zero-order valence-electron chi connectivity index (χ0n) is 15.5. The number of hydrogen-bond acceptors (Lipinski definition) is 5. The summed E-state index contributed by atoms with van der Waals surface area (Å²) in [6, 6.07) is 4.81. The van der Waals surface area contributed by atoms with Crippen molar-refractivity contribution in [1.29, 1.82) is 0 Å². The molecule has 0 aromatic heterocycles. The minimum Gasteiger partial charge on any atom is -0.505 e. The summed E-state index contributed by atoms with van der Waals surface area (Å²) in [6.07, 6.45) is -1.15. The summed E-state index contributed by atoms with van der Waals surface area (Å²) in [5, 5.41) is 22.3. The Kier molecular flexibility index (Phi) is 6.98. The summed E-state index contributed by atoms with van der Waals surface area (Å²) in [4.78, 5) is 27.8. The molecule has 0 unspecified atom stereocenters. The Morgan fingerprint density at radius 1 is 1.24 bits per heavy atom. The van der Waals surface area contributed by atoms with Crippen LogP contribution in [-0.4, -0.2) is 34.2 Å². The number of carbonyl (C=O) groups is 2. The van der Waals surface area contributed by atoms with Crippen LogP contribution < -0.4 is 16.2 Å². The summed E-state index contributed by atoms with van der Waals surface area (Å²) in [5.41, 5.74) is 5.40. The van der Waals surface area contributed by atoms with Crippen LogP contribution in [0, 0.1) is 19.3 Å². The highest BCUT2D eigenvalue weighted by Gasteiger charge is 2.25. The Balaban J connectivity index is 2.10. The lowest BCUT2D eigenvalue weighted by Gasteiger charge is -2.23. The minimum atomic E-state index is -1.16. The number of aliphatic hydroxyl groups is 1. The minimum absolute atomic E-state index is 0.0804. The van der Waals surface area contributed by atoms with Gasteiger partial charge in [-0.15, -0.1) is 0 Å². The van der Waals surface area contributed by atoms with E-state index < -0.39 is 35.5 Å². The van der Waals surface area contributed by atoms with Gasteiger partial charge < -0.3 is 15.5 Å². The maximum atomic E-state index is 13.1. The third kappa shape index (κ3) is 5.13. The van der Waals surface area contributed by atoms with Crippen LogP contribution in [0.1, 0.15) is 22.8 Å². The second kappa shape index (κ2) is 9.23. The Labute approximate surface area is 171 Å². The summed E-state index contributed by atoms with van der Waals surface area (Å²) in [7, 11) is 0. The van der Waals surface area contributed by atoms with E-state index in [1.807, 2.05) is 0 Å². The molecule has 10 heteroatoms. The van der Waals surface area contributed by atoms with Crippen LogP contribution in [0.2, 0.25) is 5.02 Å². The summed E-state index contributed by atoms with van der Waals surface area (Å²) >= 11 is 6.11. The number of aromatic hydroxyl groups is 1. The van der Waals surface area contributed by atoms with Crippen molar-refractivity contribution in [3.8, 4) is 5.75 Å². The maximum absolute atomic E-state index is 13.1. The largest absolute Gasteiger partial charge is 0.505 e. The lowest BCUT2D eigenvalue weighted by Crippen LogP contribution is -2.52. The van der Waals surface area contributed by atoms with Gasteiger partial charge in [0.05, 0.1) is 17.7 Å². The molecule has 0 aliphatic rings. The Morgan fingerprint density at radius 3 is 2.52 bits per heavy atom. The molecule has 2 amide bonds. The molecular formula is C19H18ClFN4O4. The van der Waals surface area contributed by atoms with Crippen LogP contribution in [-0.2, 0) is 4.79 Å². The molecule has 5 N–H and O–H groups in total. The van der Waals surface area contributed by atoms with Crippen molar-refractivity contribution in [2.24, 2.45) is 0 Å². The second-order valence-corrected chi connectivity index (χ2v) is 6.53. The Morgan fingerprint density at radius 2 is 1.93 bits per heavy atom. The molecule has 152 valence electrons. The number of benzene rings is 2. The lowest BCUT2D eigenvalue weighted by molar-refractivity contribution is -0.124. The van der Waals surface area contributed by atoms with Gasteiger partial charge in [-0.25, -0.2) is 9.24 Å². The number of phenols is 1. The number of halogens is 2. The molecule has 2 aromatic rings. The average Bonchev–Trinajstić information content (AvgIpc) is 2.68. The number of phenolic OH excluding ortho intramolecular Hbond substituents is 1. The zero-order valence-corrected chi connectivity index (χ0v) is 16.2. The fraction of sp³-hybridized carbons (Fsp3) is 0.211. The quantitative estimate of drug-likeness (QED) is 0.377. The van der Waals surface area contributed by atoms with Gasteiger partial charge in [0.15, 0.2) is 11.6 Å². The van der Waals surface area contributed by atoms with Crippen LogP contribution in [0.15, 0.2) is 30.3 Å². The predicted octanol–water partition coefficient (Wildman–Crippen LogP) is 2.67. The smallest absolute Gasteiger partial charge is 0.269 e. The number of anilines is 1. The zero-order chi connectivity index (χ0) is 21.7. The van der Waals surface area contributed by atoms with Crippen molar-refractivity contribution in [2.75, 3.05) is 5.32 Å². The first kappa shape index (κ1) is 21.9. The summed E-state index contributed by atoms with van der Waals surface area (Å²) in [5.74, 6) is -3.15. The number of nitrogens with one attached hydrogen (secondary N) is 3. The van der Waals surface area contributed by atoms with Gasteiger partial charge in [0.25, 0.3) is 11.8 Å². The van der Waals surface area contributed by atoms with E-state index in [2.05, 4.69) is 21.0 Å². The molecular weight excluding hydrogens is 403 g/mol. The van der Waals surface area contributed by atoms with Crippen molar-refractivity contribution in [3.63, 3.8) is 0 Å². The first-order valence-corrected chi connectivity index (χ1v) is 8.73. The molecule has 0 heterocycles. The highest BCUT2D eigenvalue weighted by Crippen LogP contribution is 2.33. The van der Waals surface area contributed by atoms with Gasteiger partial charge in [-0.05, 0) is 43.7 Å². The third-order valence-corrected chi connectivity index (χ3v) is 4.55. The number of nitrogens with zero attached hydrogens (tertiary/aromatic N) is 1. The molecule has 0 spiro atoms. The van der Waals surface area contributed by atoms with E-state index in [4.69, 9.17) is 18.2 Å². The predicted molar refractivity (Wildman–Crippen MR) is 105 cm³/mol. The molecule has 0 radical (unpaired) electrons. The average molecular weight is 421 g/mol. The van der Waals surface area contributed by atoms with Gasteiger partial charge >= 0.3 is 0 Å². The highest BCUT2D eigenvalue weighted by atomic mass is 35.5. The molecule has 0 bridgehead atoms. The first-order valence-electron chi connectivity index (χ1n) is 8.35. The van der Waals surface area contributed by atoms with E-state index in [9.17, 15) is 24.2 Å². The van der Waals surface area contributed by atoms with E-state index in [0.717, 1.165) is 18.2 Å². The van der Waals surface area contributed by atoms with Crippen molar-refractivity contribution in [2.45, 2.75) is 26.0 Å². The summed E-state index contributed by atoms with van der Waals surface area (Å²) in [6.45, 7) is 10.1. The number of carbonyl (C=O) groups excluding carboxylic acids is 2. The number of hydrazine groups is 1. The molecule has 0 aliphatic heterocycles. The Bertz CT molecular complexity index is 991. The van der Waals surface area contributed by atoms with Crippen molar-refractivity contribution in [3.05, 3.63) is 63.7 Å². The number of hydrogen-bond donors (Lipinski definition) is 5. The first-order chi connectivity index (χ1) is 13.6. The number of amides is 2. The second-order valence-electron chi connectivity index (χ2n) is 6.16. The van der Waals surface area contributed by atoms with E-state index in [0.29, 0.717) is 11.3 Å². The monoisotopic (exact) mass is 420 g/mol. The van der Waals surface area contributed by atoms with Gasteiger partial charge in [0.2, 0.25) is 5.69 Å². The molecule has 0 fully saturated rings. The van der Waals surface area contributed by atoms with Gasteiger partial charge in [-0.2, -0.15) is 0 Å². The van der Waals surface area contributed by atoms with E-state index in [1.165, 1.54) is 13.0 Å². The standard InChI is InChI=1S/C19H18ClFN4O4/c1-9-13(6-7-14(22-3)16(9)20)23-17(10(2)26)19(29)25-24-18(28)11-4-5-12(21)15(27)8-11/h4-8,10,17,23,26-27H,1-2H3,(H,24,28)(H,25,29)/t10-,17+/m0/s1. The molecule has 29 heavy (non-hydrogen) atoms. The number of aliphatic hydroxyl groups excluding tert-OH is 1. The van der Waals surface area contributed by atoms with Gasteiger partial charge in [0, 0.05) is 11.3 Å². The molecule has 2 atom stereocenters. The SMILES string of the molecule is [C-]#[N+]c1ccc(N[C@@H](C(=O)NNC(=O)c2ccc(F)c(O)c2)[C@H](C)O)c(C)c1Cl. The third-order valence-electron chi connectivity index (χ3n) is 4.07. The lowest BCUT2D eigenvalue weighted by atomic mass is 10.1. The topological polar surface area (TPSA) is 115 Å². The van der Waals surface area contributed by atoms with Crippen LogP contribution in [0.3, 0.4) is 0 Å². The van der Waals surface area contributed by atoms with E-state index >= 15 is 0 Å². The van der Waals surface area contributed by atoms with Crippen LogP contribution >= 0.6 is 11.6 Å². The molecule has 8 nitrogen and oxygen atoms in total. The maximum Gasteiger partial charge on any atom is 0.269 e. The van der Waals surface area contributed by atoms with Crippen LogP contribution in [0.25, 0.3) is 4.85 Å². The van der Waals surface area contributed by atoms with E-state index in [1.54, 1.807) is 13.0 Å². The highest BCUT2D eigenvalue weighted by molar-refractivity contribution is 6.34. The van der Waals surface area contributed by atoms with E-state index in [-0.39, 0.29) is 16.3 Å². The fourth-order valence-corrected chi connectivity index (χ4v) is 2.62. The Hall–Kier alpha value is -3.35.